The van der Waals surface area contributed by atoms with E-state index >= 15 is 0 Å². The molecule has 1 aromatic carbocycles. The maximum atomic E-state index is 9.77. The van der Waals surface area contributed by atoms with Crippen LogP contribution in [-0.4, -0.2) is 11.1 Å². The van der Waals surface area contributed by atoms with Crippen LogP contribution in [0.3, 0.4) is 0 Å². The summed E-state index contributed by atoms with van der Waals surface area (Å²) in [5.41, 5.74) is 0.941. The standard InChI is InChI=1S/C12H18BrNO/c1-3-10(4-2)14-8-9-6-5-7-11(13)12(9)15/h5-7,10,14-15H,3-4,8H2,1-2H3. The fourth-order valence-electron chi connectivity index (χ4n) is 1.53. The quantitative estimate of drug-likeness (QED) is 0.860. The van der Waals surface area contributed by atoms with Gasteiger partial charge in [0.05, 0.1) is 4.47 Å². The summed E-state index contributed by atoms with van der Waals surface area (Å²) < 4.78 is 0.756. The third-order valence-electron chi connectivity index (χ3n) is 2.64. The lowest BCUT2D eigenvalue weighted by atomic mass is 10.1. The monoisotopic (exact) mass is 271 g/mol. The summed E-state index contributed by atoms with van der Waals surface area (Å²) in [6.45, 7) is 5.06. The Labute approximate surface area is 99.8 Å². The van der Waals surface area contributed by atoms with Crippen LogP contribution in [0.25, 0.3) is 0 Å². The van der Waals surface area contributed by atoms with E-state index < -0.39 is 0 Å². The fraction of sp³-hybridized carbons (Fsp3) is 0.500. The fourth-order valence-corrected chi connectivity index (χ4v) is 1.94. The van der Waals surface area contributed by atoms with Crippen molar-refractivity contribution in [2.45, 2.75) is 39.3 Å². The van der Waals surface area contributed by atoms with Gasteiger partial charge in [0.1, 0.15) is 5.75 Å². The van der Waals surface area contributed by atoms with Gasteiger partial charge in [-0.15, -0.1) is 0 Å². The summed E-state index contributed by atoms with van der Waals surface area (Å²) in [5, 5.41) is 13.2. The van der Waals surface area contributed by atoms with Gasteiger partial charge in [-0.2, -0.15) is 0 Å². The van der Waals surface area contributed by atoms with Gasteiger partial charge in [0.15, 0.2) is 0 Å². The molecule has 0 aliphatic heterocycles. The van der Waals surface area contributed by atoms with Crippen LogP contribution in [0.4, 0.5) is 0 Å². The second kappa shape index (κ2) is 6.13. The van der Waals surface area contributed by atoms with Gasteiger partial charge in [0, 0.05) is 18.2 Å². The molecule has 3 heteroatoms. The largest absolute Gasteiger partial charge is 0.506 e. The Hall–Kier alpha value is -0.540. The average Bonchev–Trinajstić information content (AvgIpc) is 2.25. The molecule has 1 rings (SSSR count). The molecule has 0 radical (unpaired) electrons. The Morgan fingerprint density at radius 3 is 2.60 bits per heavy atom. The smallest absolute Gasteiger partial charge is 0.134 e. The molecule has 0 amide bonds. The molecular formula is C12H18BrNO. The van der Waals surface area contributed by atoms with E-state index in [-0.39, 0.29) is 0 Å². The van der Waals surface area contributed by atoms with Crippen molar-refractivity contribution in [2.24, 2.45) is 0 Å². The van der Waals surface area contributed by atoms with Crippen LogP contribution < -0.4 is 5.32 Å². The van der Waals surface area contributed by atoms with Gasteiger partial charge in [0.25, 0.3) is 0 Å². The zero-order valence-corrected chi connectivity index (χ0v) is 10.8. The zero-order valence-electron chi connectivity index (χ0n) is 9.26. The molecule has 0 spiro atoms. The molecule has 0 saturated carbocycles. The van der Waals surface area contributed by atoms with Crippen LogP contribution in [0.15, 0.2) is 22.7 Å². The van der Waals surface area contributed by atoms with E-state index in [9.17, 15) is 5.11 Å². The van der Waals surface area contributed by atoms with Crippen molar-refractivity contribution < 1.29 is 5.11 Å². The first-order chi connectivity index (χ1) is 7.19. The molecule has 2 nitrogen and oxygen atoms in total. The molecular weight excluding hydrogens is 254 g/mol. The second-order valence-electron chi connectivity index (χ2n) is 3.64. The number of halogens is 1. The Balaban J connectivity index is 2.61. The minimum atomic E-state index is 0.343. The first-order valence-corrected chi connectivity index (χ1v) is 6.18. The summed E-state index contributed by atoms with van der Waals surface area (Å²) in [5.74, 6) is 0.343. The van der Waals surface area contributed by atoms with E-state index in [4.69, 9.17) is 0 Å². The van der Waals surface area contributed by atoms with Crippen LogP contribution in [0.2, 0.25) is 0 Å². The number of para-hydroxylation sites is 1. The van der Waals surface area contributed by atoms with E-state index in [1.165, 1.54) is 0 Å². The van der Waals surface area contributed by atoms with Gasteiger partial charge in [-0.1, -0.05) is 26.0 Å². The molecule has 1 aromatic rings. The highest BCUT2D eigenvalue weighted by Gasteiger charge is 2.06. The van der Waals surface area contributed by atoms with Crippen LogP contribution >= 0.6 is 15.9 Å². The van der Waals surface area contributed by atoms with E-state index in [0.29, 0.717) is 11.8 Å². The lowest BCUT2D eigenvalue weighted by Crippen LogP contribution is -2.26. The van der Waals surface area contributed by atoms with Gasteiger partial charge in [-0.05, 0) is 34.8 Å². The predicted octanol–water partition coefficient (Wildman–Crippen LogP) is 3.43. The molecule has 15 heavy (non-hydrogen) atoms. The van der Waals surface area contributed by atoms with Crippen molar-refractivity contribution in [3.8, 4) is 5.75 Å². The summed E-state index contributed by atoms with van der Waals surface area (Å²) in [7, 11) is 0. The number of rotatable bonds is 5. The van der Waals surface area contributed by atoms with E-state index in [0.717, 1.165) is 29.4 Å². The minimum absolute atomic E-state index is 0.343. The molecule has 0 heterocycles. The summed E-state index contributed by atoms with van der Waals surface area (Å²) >= 11 is 3.31. The Kier molecular flexibility index (Phi) is 5.12. The number of hydrogen-bond donors (Lipinski definition) is 2. The highest BCUT2D eigenvalue weighted by atomic mass is 79.9. The maximum Gasteiger partial charge on any atom is 0.134 e. The van der Waals surface area contributed by atoms with Gasteiger partial charge in [-0.25, -0.2) is 0 Å². The second-order valence-corrected chi connectivity index (χ2v) is 4.50. The summed E-state index contributed by atoms with van der Waals surface area (Å²) in [6.07, 6.45) is 2.23. The molecule has 0 aliphatic carbocycles. The normalized spacial score (nSPS) is 10.9. The molecule has 0 aromatic heterocycles. The molecule has 0 unspecified atom stereocenters. The lowest BCUT2D eigenvalue weighted by molar-refractivity contribution is 0.445. The number of benzene rings is 1. The van der Waals surface area contributed by atoms with Crippen molar-refractivity contribution in [1.29, 1.82) is 0 Å². The summed E-state index contributed by atoms with van der Waals surface area (Å²) in [6, 6.07) is 6.25. The van der Waals surface area contributed by atoms with Gasteiger partial charge in [0.2, 0.25) is 0 Å². The predicted molar refractivity (Wildman–Crippen MR) is 67.0 cm³/mol. The van der Waals surface area contributed by atoms with E-state index in [2.05, 4.69) is 35.1 Å². The van der Waals surface area contributed by atoms with Crippen molar-refractivity contribution >= 4 is 15.9 Å². The molecule has 0 fully saturated rings. The number of nitrogens with one attached hydrogen (secondary N) is 1. The molecule has 84 valence electrons. The van der Waals surface area contributed by atoms with E-state index in [1.807, 2.05) is 18.2 Å². The maximum absolute atomic E-state index is 9.77. The van der Waals surface area contributed by atoms with Gasteiger partial charge < -0.3 is 10.4 Å². The Morgan fingerprint density at radius 1 is 1.33 bits per heavy atom. The summed E-state index contributed by atoms with van der Waals surface area (Å²) in [4.78, 5) is 0. The SMILES string of the molecule is CCC(CC)NCc1cccc(Br)c1O. The number of aromatic hydroxyl groups is 1. The highest BCUT2D eigenvalue weighted by molar-refractivity contribution is 9.10. The number of hydrogen-bond acceptors (Lipinski definition) is 2. The first kappa shape index (κ1) is 12.5. The molecule has 0 atom stereocenters. The van der Waals surface area contributed by atoms with Crippen molar-refractivity contribution in [3.05, 3.63) is 28.2 Å². The highest BCUT2D eigenvalue weighted by Crippen LogP contribution is 2.27. The number of phenolic OH excluding ortho intramolecular Hbond substituents is 1. The van der Waals surface area contributed by atoms with Crippen molar-refractivity contribution in [2.75, 3.05) is 0 Å². The lowest BCUT2D eigenvalue weighted by Gasteiger charge is -2.15. The molecule has 0 aliphatic rings. The van der Waals surface area contributed by atoms with Gasteiger partial charge >= 0.3 is 0 Å². The Morgan fingerprint density at radius 2 is 2.00 bits per heavy atom. The van der Waals surface area contributed by atoms with Crippen molar-refractivity contribution in [1.82, 2.24) is 5.32 Å². The third kappa shape index (κ3) is 3.50. The average molecular weight is 272 g/mol. The van der Waals surface area contributed by atoms with Gasteiger partial charge in [-0.3, -0.25) is 0 Å². The van der Waals surface area contributed by atoms with Crippen LogP contribution in [0.1, 0.15) is 32.3 Å². The van der Waals surface area contributed by atoms with Crippen molar-refractivity contribution in [3.63, 3.8) is 0 Å². The molecule has 2 N–H and O–H groups in total. The molecule has 0 bridgehead atoms. The topological polar surface area (TPSA) is 32.3 Å². The van der Waals surface area contributed by atoms with E-state index in [1.54, 1.807) is 0 Å². The zero-order chi connectivity index (χ0) is 11.3. The Bertz CT molecular complexity index is 310. The molecule has 0 saturated heterocycles. The first-order valence-electron chi connectivity index (χ1n) is 5.38. The van der Waals surface area contributed by atoms with Crippen LogP contribution in [0.5, 0.6) is 5.75 Å². The van der Waals surface area contributed by atoms with Crippen LogP contribution in [0, 0.1) is 0 Å². The number of phenols is 1. The minimum Gasteiger partial charge on any atom is -0.506 e. The third-order valence-corrected chi connectivity index (χ3v) is 3.28. The van der Waals surface area contributed by atoms with Crippen LogP contribution in [-0.2, 0) is 6.54 Å².